The smallest absolute Gasteiger partial charge is 0.0707 e. The molecule has 2 aliphatic rings. The SMILES string of the molecule is CCC(CCN)N1CC2CCC(C1)O2. The highest BCUT2D eigenvalue weighted by Gasteiger charge is 2.35. The first-order valence-electron chi connectivity index (χ1n) is 5.93. The van der Waals surface area contributed by atoms with Crippen LogP contribution < -0.4 is 5.73 Å². The van der Waals surface area contributed by atoms with Crippen LogP contribution in [0.5, 0.6) is 0 Å². The maximum absolute atomic E-state index is 5.83. The average molecular weight is 198 g/mol. The summed E-state index contributed by atoms with van der Waals surface area (Å²) in [6.45, 7) is 5.34. The first kappa shape index (κ1) is 10.4. The molecule has 3 nitrogen and oxygen atoms in total. The molecule has 2 bridgehead atoms. The van der Waals surface area contributed by atoms with Gasteiger partial charge in [0.1, 0.15) is 0 Å². The third-order valence-corrected chi connectivity index (χ3v) is 3.56. The van der Waals surface area contributed by atoms with Crippen molar-refractivity contribution in [2.24, 2.45) is 5.73 Å². The second kappa shape index (κ2) is 4.60. The molecule has 0 aromatic rings. The minimum atomic E-state index is 0.514. The van der Waals surface area contributed by atoms with Crippen molar-refractivity contribution < 1.29 is 4.74 Å². The van der Waals surface area contributed by atoms with Crippen LogP contribution in [-0.2, 0) is 4.74 Å². The van der Waals surface area contributed by atoms with Crippen molar-refractivity contribution in [1.29, 1.82) is 0 Å². The number of hydrogen-bond acceptors (Lipinski definition) is 3. The zero-order valence-electron chi connectivity index (χ0n) is 9.11. The molecular weight excluding hydrogens is 176 g/mol. The normalized spacial score (nSPS) is 34.7. The highest BCUT2D eigenvalue weighted by Crippen LogP contribution is 2.28. The van der Waals surface area contributed by atoms with Crippen LogP contribution in [0.15, 0.2) is 0 Å². The molecule has 14 heavy (non-hydrogen) atoms. The largest absolute Gasteiger partial charge is 0.372 e. The van der Waals surface area contributed by atoms with E-state index in [-0.39, 0.29) is 0 Å². The summed E-state index contributed by atoms with van der Waals surface area (Å²) in [5.74, 6) is 0. The molecule has 0 radical (unpaired) electrons. The standard InChI is InChI=1S/C11H22N2O/c1-2-9(5-6-12)13-7-10-3-4-11(8-13)14-10/h9-11H,2-8,12H2,1H3. The minimum Gasteiger partial charge on any atom is -0.372 e. The molecule has 0 aliphatic carbocycles. The zero-order chi connectivity index (χ0) is 9.97. The summed E-state index contributed by atoms with van der Waals surface area (Å²) in [5.41, 5.74) is 5.64. The summed E-state index contributed by atoms with van der Waals surface area (Å²) in [4.78, 5) is 2.60. The number of hydrogen-bond donors (Lipinski definition) is 1. The van der Waals surface area contributed by atoms with E-state index in [1.165, 1.54) is 19.3 Å². The Morgan fingerprint density at radius 1 is 1.36 bits per heavy atom. The molecule has 3 heteroatoms. The van der Waals surface area contributed by atoms with Crippen LogP contribution in [0.25, 0.3) is 0 Å². The third kappa shape index (κ3) is 2.10. The quantitative estimate of drug-likeness (QED) is 0.731. The Labute approximate surface area is 86.6 Å². The van der Waals surface area contributed by atoms with Crippen LogP contribution in [0, 0.1) is 0 Å². The lowest BCUT2D eigenvalue weighted by Gasteiger charge is -2.37. The van der Waals surface area contributed by atoms with Crippen molar-refractivity contribution in [2.75, 3.05) is 19.6 Å². The van der Waals surface area contributed by atoms with Crippen LogP contribution in [-0.4, -0.2) is 42.8 Å². The van der Waals surface area contributed by atoms with Crippen LogP contribution in [0.3, 0.4) is 0 Å². The fourth-order valence-electron chi connectivity index (χ4n) is 2.78. The molecule has 0 aromatic heterocycles. The van der Waals surface area contributed by atoms with E-state index >= 15 is 0 Å². The Morgan fingerprint density at radius 3 is 2.50 bits per heavy atom. The molecule has 2 saturated heterocycles. The summed E-state index contributed by atoms with van der Waals surface area (Å²) in [5, 5.41) is 0. The van der Waals surface area contributed by atoms with Gasteiger partial charge in [-0.15, -0.1) is 0 Å². The van der Waals surface area contributed by atoms with Gasteiger partial charge in [0.05, 0.1) is 12.2 Å². The van der Waals surface area contributed by atoms with Gasteiger partial charge in [0, 0.05) is 19.1 Å². The second-order valence-corrected chi connectivity index (χ2v) is 4.55. The molecule has 0 saturated carbocycles. The van der Waals surface area contributed by atoms with Gasteiger partial charge in [-0.3, -0.25) is 4.90 Å². The van der Waals surface area contributed by atoms with E-state index in [0.29, 0.717) is 18.2 Å². The summed E-state index contributed by atoms with van der Waals surface area (Å²) >= 11 is 0. The first-order chi connectivity index (χ1) is 6.83. The van der Waals surface area contributed by atoms with Crippen molar-refractivity contribution in [2.45, 2.75) is 50.9 Å². The zero-order valence-corrected chi connectivity index (χ0v) is 9.11. The number of nitrogens with zero attached hydrogens (tertiary/aromatic N) is 1. The molecular formula is C11H22N2O. The van der Waals surface area contributed by atoms with E-state index in [9.17, 15) is 0 Å². The monoisotopic (exact) mass is 198 g/mol. The number of rotatable bonds is 4. The van der Waals surface area contributed by atoms with Crippen molar-refractivity contribution >= 4 is 0 Å². The molecule has 3 unspecified atom stereocenters. The summed E-state index contributed by atoms with van der Waals surface area (Å²) < 4.78 is 5.83. The van der Waals surface area contributed by atoms with Gasteiger partial charge in [-0.25, -0.2) is 0 Å². The number of fused-ring (bicyclic) bond motifs is 2. The highest BCUT2D eigenvalue weighted by atomic mass is 16.5. The van der Waals surface area contributed by atoms with E-state index in [1.54, 1.807) is 0 Å². The van der Waals surface area contributed by atoms with Crippen molar-refractivity contribution in [3.63, 3.8) is 0 Å². The second-order valence-electron chi connectivity index (χ2n) is 4.55. The van der Waals surface area contributed by atoms with Gasteiger partial charge < -0.3 is 10.5 Å². The van der Waals surface area contributed by atoms with Gasteiger partial charge in [0.2, 0.25) is 0 Å². The van der Waals surface area contributed by atoms with Gasteiger partial charge in [-0.1, -0.05) is 6.92 Å². The number of ether oxygens (including phenoxy) is 1. The number of morpholine rings is 1. The minimum absolute atomic E-state index is 0.514. The summed E-state index contributed by atoms with van der Waals surface area (Å²) in [6, 6.07) is 0.687. The van der Waals surface area contributed by atoms with Gasteiger partial charge in [0.25, 0.3) is 0 Å². The maximum atomic E-state index is 5.83. The van der Waals surface area contributed by atoms with Crippen LogP contribution in [0.4, 0.5) is 0 Å². The Hall–Kier alpha value is -0.120. The Kier molecular flexibility index (Phi) is 3.42. The topological polar surface area (TPSA) is 38.5 Å². The molecule has 0 spiro atoms. The van der Waals surface area contributed by atoms with Crippen LogP contribution in [0.2, 0.25) is 0 Å². The van der Waals surface area contributed by atoms with E-state index < -0.39 is 0 Å². The van der Waals surface area contributed by atoms with Gasteiger partial charge in [-0.05, 0) is 32.2 Å². The van der Waals surface area contributed by atoms with Crippen molar-refractivity contribution in [3.8, 4) is 0 Å². The molecule has 0 amide bonds. The van der Waals surface area contributed by atoms with E-state index in [0.717, 1.165) is 26.1 Å². The number of likely N-dealkylation sites (tertiary alicyclic amines) is 1. The van der Waals surface area contributed by atoms with Gasteiger partial charge in [-0.2, -0.15) is 0 Å². The summed E-state index contributed by atoms with van der Waals surface area (Å²) in [6.07, 6.45) is 5.91. The molecule has 2 aliphatic heterocycles. The summed E-state index contributed by atoms with van der Waals surface area (Å²) in [7, 11) is 0. The lowest BCUT2D eigenvalue weighted by atomic mass is 10.1. The molecule has 82 valence electrons. The molecule has 2 rings (SSSR count). The third-order valence-electron chi connectivity index (χ3n) is 3.56. The highest BCUT2D eigenvalue weighted by molar-refractivity contribution is 4.87. The predicted molar refractivity (Wildman–Crippen MR) is 57.2 cm³/mol. The fraction of sp³-hybridized carbons (Fsp3) is 1.00. The number of nitrogens with two attached hydrogens (primary N) is 1. The van der Waals surface area contributed by atoms with Crippen LogP contribution in [0.1, 0.15) is 32.6 Å². The van der Waals surface area contributed by atoms with Gasteiger partial charge >= 0.3 is 0 Å². The van der Waals surface area contributed by atoms with Gasteiger partial charge in [0.15, 0.2) is 0 Å². The Morgan fingerprint density at radius 2 is 2.00 bits per heavy atom. The maximum Gasteiger partial charge on any atom is 0.0707 e. The van der Waals surface area contributed by atoms with E-state index in [4.69, 9.17) is 10.5 Å². The Balaban J connectivity index is 1.90. The fourth-order valence-corrected chi connectivity index (χ4v) is 2.78. The molecule has 2 N–H and O–H groups in total. The first-order valence-corrected chi connectivity index (χ1v) is 5.93. The van der Waals surface area contributed by atoms with Crippen molar-refractivity contribution in [3.05, 3.63) is 0 Å². The molecule has 2 heterocycles. The molecule has 3 atom stereocenters. The predicted octanol–water partition coefficient (Wildman–Crippen LogP) is 0.977. The van der Waals surface area contributed by atoms with Crippen molar-refractivity contribution in [1.82, 2.24) is 4.90 Å². The Bertz CT molecular complexity index is 174. The lowest BCUT2D eigenvalue weighted by molar-refractivity contribution is -0.0539. The average Bonchev–Trinajstić information content (AvgIpc) is 2.54. The van der Waals surface area contributed by atoms with Crippen LogP contribution >= 0.6 is 0 Å². The van der Waals surface area contributed by atoms with E-state index in [1.807, 2.05) is 0 Å². The van der Waals surface area contributed by atoms with E-state index in [2.05, 4.69) is 11.8 Å². The molecule has 2 fully saturated rings. The lowest BCUT2D eigenvalue weighted by Crippen LogP contribution is -2.48. The molecule has 0 aromatic carbocycles.